The summed E-state index contributed by atoms with van der Waals surface area (Å²) in [6.07, 6.45) is 0.508. The molecule has 6 heteroatoms. The Morgan fingerprint density at radius 1 is 1.18 bits per heavy atom. The quantitative estimate of drug-likeness (QED) is 0.829. The summed E-state index contributed by atoms with van der Waals surface area (Å²) in [7, 11) is -3.41. The minimum atomic E-state index is -3.41. The summed E-state index contributed by atoms with van der Waals surface area (Å²) in [5, 5.41) is 4.02. The van der Waals surface area contributed by atoms with Crippen molar-refractivity contribution < 1.29 is 12.8 Å². The molecule has 1 aromatic heterocycles. The number of benzene rings is 1. The van der Waals surface area contributed by atoms with Crippen LogP contribution in [-0.4, -0.2) is 20.7 Å². The van der Waals surface area contributed by atoms with Crippen molar-refractivity contribution in [3.63, 3.8) is 0 Å². The topological polar surface area (TPSA) is 46.2 Å². The zero-order valence-electron chi connectivity index (χ0n) is 12.7. The molecule has 1 N–H and O–H groups in total. The smallest absolute Gasteiger partial charge is 0.211 e. The van der Waals surface area contributed by atoms with Gasteiger partial charge in [-0.1, -0.05) is 31.2 Å². The number of halogens is 1. The first-order chi connectivity index (χ1) is 10.3. The summed E-state index contributed by atoms with van der Waals surface area (Å²) >= 11 is 1.61. The molecule has 0 aliphatic heterocycles. The molecule has 1 aromatic carbocycles. The van der Waals surface area contributed by atoms with E-state index in [0.29, 0.717) is 12.0 Å². The van der Waals surface area contributed by atoms with Gasteiger partial charge in [-0.25, -0.2) is 17.5 Å². The first-order valence-electron chi connectivity index (χ1n) is 7.13. The van der Waals surface area contributed by atoms with Gasteiger partial charge in [0.15, 0.2) is 0 Å². The molecule has 0 radical (unpaired) electrons. The summed E-state index contributed by atoms with van der Waals surface area (Å²) in [4.78, 5) is 0. The molecule has 0 bridgehead atoms. The van der Waals surface area contributed by atoms with Crippen LogP contribution in [0.25, 0.3) is 11.1 Å². The molecule has 0 aliphatic rings. The summed E-state index contributed by atoms with van der Waals surface area (Å²) in [5.74, 6) is 0.0141. The van der Waals surface area contributed by atoms with Crippen LogP contribution in [0.3, 0.4) is 0 Å². The lowest BCUT2D eigenvalue weighted by molar-refractivity contribution is 0.196. The van der Waals surface area contributed by atoms with Crippen molar-refractivity contribution in [2.24, 2.45) is 0 Å². The van der Waals surface area contributed by atoms with Crippen molar-refractivity contribution in [1.82, 2.24) is 4.72 Å². The average Bonchev–Trinajstić information content (AvgIpc) is 3.00. The average molecular weight is 341 g/mol. The molecule has 0 amide bonds. The van der Waals surface area contributed by atoms with E-state index in [1.165, 1.54) is 6.92 Å². The normalized spacial score (nSPS) is 14.7. The van der Waals surface area contributed by atoms with Gasteiger partial charge < -0.3 is 0 Å². The van der Waals surface area contributed by atoms with Gasteiger partial charge in [-0.2, -0.15) is 11.3 Å². The fourth-order valence-electron chi connectivity index (χ4n) is 2.13. The number of hydrogen-bond donors (Lipinski definition) is 1. The second-order valence-electron chi connectivity index (χ2n) is 5.43. The third kappa shape index (κ3) is 4.38. The van der Waals surface area contributed by atoms with Crippen LogP contribution in [0, 0.1) is 0 Å². The molecule has 120 valence electrons. The van der Waals surface area contributed by atoms with E-state index in [0.717, 1.165) is 11.1 Å². The summed E-state index contributed by atoms with van der Waals surface area (Å²) in [5.41, 5.74) is 0.840. The van der Waals surface area contributed by atoms with Crippen LogP contribution >= 0.6 is 11.3 Å². The number of rotatable bonds is 7. The highest BCUT2D eigenvalue weighted by atomic mass is 32.2. The predicted molar refractivity (Wildman–Crippen MR) is 90.3 cm³/mol. The largest absolute Gasteiger partial charge is 0.238 e. The Morgan fingerprint density at radius 3 is 2.41 bits per heavy atom. The van der Waals surface area contributed by atoms with Crippen molar-refractivity contribution in [2.45, 2.75) is 25.9 Å². The molecule has 0 spiro atoms. The third-order valence-electron chi connectivity index (χ3n) is 3.44. The second kappa shape index (κ2) is 6.89. The van der Waals surface area contributed by atoms with Gasteiger partial charge in [0, 0.05) is 6.54 Å². The van der Waals surface area contributed by atoms with Gasteiger partial charge in [-0.05, 0) is 46.9 Å². The van der Waals surface area contributed by atoms with E-state index in [2.05, 4.69) is 4.72 Å². The lowest BCUT2D eigenvalue weighted by Gasteiger charge is -2.21. The number of sulfonamides is 1. The minimum absolute atomic E-state index is 0.0141. The molecule has 0 fully saturated rings. The van der Waals surface area contributed by atoms with Crippen LogP contribution in [-0.2, 0) is 15.7 Å². The van der Waals surface area contributed by atoms with E-state index in [9.17, 15) is 12.8 Å². The van der Waals surface area contributed by atoms with Gasteiger partial charge in [0.25, 0.3) is 0 Å². The first kappa shape index (κ1) is 17.1. The monoisotopic (exact) mass is 341 g/mol. The van der Waals surface area contributed by atoms with Crippen molar-refractivity contribution in [3.05, 3.63) is 46.7 Å². The number of alkyl halides is 1. The number of thiophene rings is 1. The number of nitrogens with one attached hydrogen (secondary N) is 1. The minimum Gasteiger partial charge on any atom is -0.238 e. The maximum absolute atomic E-state index is 14.7. The standard InChI is InChI=1S/C16H20FNO2S2/c1-3-10-22(19,20)18-12-16(2,17)15-6-4-13(5-7-15)14-8-9-21-11-14/h4-9,11,18H,3,10,12H2,1-2H3. The fourth-order valence-corrected chi connectivity index (χ4v) is 3.97. The predicted octanol–water partition coefficient (Wildman–Crippen LogP) is 3.93. The molecule has 22 heavy (non-hydrogen) atoms. The van der Waals surface area contributed by atoms with Crippen LogP contribution in [0.4, 0.5) is 4.39 Å². The molecule has 2 rings (SSSR count). The van der Waals surface area contributed by atoms with Crippen LogP contribution in [0.5, 0.6) is 0 Å². The molecular weight excluding hydrogens is 321 g/mol. The molecule has 0 saturated heterocycles. The van der Waals surface area contributed by atoms with Gasteiger partial charge in [-0.3, -0.25) is 0 Å². The van der Waals surface area contributed by atoms with Crippen molar-refractivity contribution >= 4 is 21.4 Å². The van der Waals surface area contributed by atoms with E-state index < -0.39 is 15.7 Å². The highest BCUT2D eigenvalue weighted by Crippen LogP contribution is 2.28. The van der Waals surface area contributed by atoms with E-state index >= 15 is 0 Å². The van der Waals surface area contributed by atoms with Gasteiger partial charge in [0.1, 0.15) is 5.67 Å². The van der Waals surface area contributed by atoms with Crippen LogP contribution < -0.4 is 4.72 Å². The Bertz CT molecular complexity index is 692. The Balaban J connectivity index is 2.09. The zero-order chi connectivity index (χ0) is 16.2. The van der Waals surface area contributed by atoms with E-state index in [4.69, 9.17) is 0 Å². The zero-order valence-corrected chi connectivity index (χ0v) is 14.3. The van der Waals surface area contributed by atoms with Crippen molar-refractivity contribution in [2.75, 3.05) is 12.3 Å². The Kier molecular flexibility index (Phi) is 5.36. The Morgan fingerprint density at radius 2 is 1.86 bits per heavy atom. The van der Waals surface area contributed by atoms with Gasteiger partial charge in [0.2, 0.25) is 10.0 Å². The maximum atomic E-state index is 14.7. The maximum Gasteiger partial charge on any atom is 0.211 e. The highest BCUT2D eigenvalue weighted by molar-refractivity contribution is 7.89. The molecule has 1 heterocycles. The first-order valence-corrected chi connectivity index (χ1v) is 9.73. The molecular formula is C16H20FNO2S2. The van der Waals surface area contributed by atoms with E-state index in [1.54, 1.807) is 30.4 Å². The molecule has 0 aliphatic carbocycles. The van der Waals surface area contributed by atoms with Crippen molar-refractivity contribution in [3.8, 4) is 11.1 Å². The van der Waals surface area contributed by atoms with Gasteiger partial charge in [-0.15, -0.1) is 0 Å². The third-order valence-corrected chi connectivity index (χ3v) is 5.65. The molecule has 3 nitrogen and oxygen atoms in total. The van der Waals surface area contributed by atoms with Gasteiger partial charge >= 0.3 is 0 Å². The SMILES string of the molecule is CCCS(=O)(=O)NCC(C)(F)c1ccc(-c2ccsc2)cc1. The molecule has 0 saturated carbocycles. The molecule has 2 aromatic rings. The molecule has 1 atom stereocenters. The lowest BCUT2D eigenvalue weighted by Crippen LogP contribution is -2.36. The lowest BCUT2D eigenvalue weighted by atomic mass is 9.96. The van der Waals surface area contributed by atoms with Crippen LogP contribution in [0.1, 0.15) is 25.8 Å². The number of hydrogen-bond acceptors (Lipinski definition) is 3. The van der Waals surface area contributed by atoms with Crippen LogP contribution in [0.15, 0.2) is 41.1 Å². The van der Waals surface area contributed by atoms with E-state index in [1.807, 2.05) is 29.0 Å². The van der Waals surface area contributed by atoms with Crippen molar-refractivity contribution in [1.29, 1.82) is 0 Å². The van der Waals surface area contributed by atoms with E-state index in [-0.39, 0.29) is 12.3 Å². The Hall–Kier alpha value is -1.24. The summed E-state index contributed by atoms with van der Waals surface area (Å²) in [6.45, 7) is 2.91. The Labute approximate surface area is 135 Å². The highest BCUT2D eigenvalue weighted by Gasteiger charge is 2.27. The summed E-state index contributed by atoms with van der Waals surface area (Å²) in [6, 6.07) is 9.14. The summed E-state index contributed by atoms with van der Waals surface area (Å²) < 4.78 is 40.4. The fraction of sp³-hybridized carbons (Fsp3) is 0.375. The van der Waals surface area contributed by atoms with Gasteiger partial charge in [0.05, 0.1) is 5.75 Å². The molecule has 1 unspecified atom stereocenters. The van der Waals surface area contributed by atoms with Crippen LogP contribution in [0.2, 0.25) is 0 Å². The second-order valence-corrected chi connectivity index (χ2v) is 8.13.